The highest BCUT2D eigenvalue weighted by Gasteiger charge is 2.29. The van der Waals surface area contributed by atoms with Crippen molar-refractivity contribution in [3.63, 3.8) is 0 Å². The summed E-state index contributed by atoms with van der Waals surface area (Å²) in [4.78, 5) is 0. The second kappa shape index (κ2) is 5.51. The van der Waals surface area contributed by atoms with Gasteiger partial charge < -0.3 is 5.32 Å². The Morgan fingerprint density at radius 2 is 2.21 bits per heavy atom. The molecule has 0 radical (unpaired) electrons. The molecule has 3 rings (SSSR count). The summed E-state index contributed by atoms with van der Waals surface area (Å²) in [6.07, 6.45) is 5.87. The first-order valence-electron chi connectivity index (χ1n) is 6.91. The van der Waals surface area contributed by atoms with Gasteiger partial charge in [0, 0.05) is 17.5 Å². The number of aromatic nitrogens is 3. The molecule has 1 aliphatic carbocycles. The van der Waals surface area contributed by atoms with Gasteiger partial charge in [-0.05, 0) is 44.4 Å². The second-order valence-electron chi connectivity index (χ2n) is 5.38. The summed E-state index contributed by atoms with van der Waals surface area (Å²) in [6, 6.07) is 6.60. The number of nitrogens with zero attached hydrogens (tertiary/aromatic N) is 3. The lowest BCUT2D eigenvalue weighted by atomic mass is 9.87. The Labute approximate surface area is 118 Å². The lowest BCUT2D eigenvalue weighted by Crippen LogP contribution is -2.40. The van der Waals surface area contributed by atoms with Crippen LogP contribution in [-0.4, -0.2) is 32.9 Å². The summed E-state index contributed by atoms with van der Waals surface area (Å²) < 4.78 is 2.08. The van der Waals surface area contributed by atoms with E-state index in [0.717, 1.165) is 16.7 Å². The maximum absolute atomic E-state index is 4.33. The quantitative estimate of drug-likeness (QED) is 0.935. The lowest BCUT2D eigenvalue weighted by Gasteiger charge is -2.33. The zero-order chi connectivity index (χ0) is 13.2. The highest BCUT2D eigenvalue weighted by atomic mass is 32.2. The smallest absolute Gasteiger partial charge is 0.195 e. The molecule has 0 aromatic carbocycles. The van der Waals surface area contributed by atoms with Crippen molar-refractivity contribution >= 4 is 17.4 Å². The summed E-state index contributed by atoms with van der Waals surface area (Å²) in [5.41, 5.74) is 0.926. The van der Waals surface area contributed by atoms with Crippen molar-refractivity contribution in [2.75, 3.05) is 7.05 Å². The van der Waals surface area contributed by atoms with E-state index in [1.165, 1.54) is 19.3 Å². The van der Waals surface area contributed by atoms with Gasteiger partial charge in [0.05, 0.1) is 0 Å². The summed E-state index contributed by atoms with van der Waals surface area (Å²) in [6.45, 7) is 2.35. The molecule has 4 nitrogen and oxygen atoms in total. The molecule has 1 N–H and O–H groups in total. The Kier molecular flexibility index (Phi) is 3.75. The number of thioether (sulfide) groups is 1. The van der Waals surface area contributed by atoms with Crippen LogP contribution < -0.4 is 5.32 Å². The molecule has 1 fully saturated rings. The van der Waals surface area contributed by atoms with Gasteiger partial charge in [-0.3, -0.25) is 4.40 Å². The molecule has 0 aliphatic heterocycles. The van der Waals surface area contributed by atoms with Gasteiger partial charge in [0.1, 0.15) is 0 Å². The molecule has 0 amide bonds. The van der Waals surface area contributed by atoms with Gasteiger partial charge in [-0.25, -0.2) is 0 Å². The minimum absolute atomic E-state index is 0.581. The average Bonchev–Trinajstić information content (AvgIpc) is 2.83. The molecule has 2 aromatic heterocycles. The van der Waals surface area contributed by atoms with Crippen molar-refractivity contribution in [2.24, 2.45) is 5.92 Å². The fourth-order valence-electron chi connectivity index (χ4n) is 2.82. The zero-order valence-corrected chi connectivity index (χ0v) is 12.2. The molecule has 1 aliphatic rings. The minimum atomic E-state index is 0.581. The Balaban J connectivity index is 1.83. The predicted molar refractivity (Wildman–Crippen MR) is 78.5 cm³/mol. The maximum Gasteiger partial charge on any atom is 0.195 e. The standard InChI is InChI=1S/C14H20N4S/c1-10-6-7-11(15-2)12(9-10)19-14-17-16-13-5-3-4-8-18(13)14/h3-5,8,10-12,15H,6-7,9H2,1-2H3. The number of hydrogen-bond acceptors (Lipinski definition) is 4. The van der Waals surface area contributed by atoms with E-state index in [-0.39, 0.29) is 0 Å². The summed E-state index contributed by atoms with van der Waals surface area (Å²) in [5, 5.41) is 13.6. The van der Waals surface area contributed by atoms with Crippen LogP contribution in [0, 0.1) is 5.92 Å². The summed E-state index contributed by atoms with van der Waals surface area (Å²) >= 11 is 1.86. The zero-order valence-electron chi connectivity index (χ0n) is 11.4. The van der Waals surface area contributed by atoms with Crippen molar-refractivity contribution in [1.29, 1.82) is 0 Å². The van der Waals surface area contributed by atoms with E-state index in [4.69, 9.17) is 0 Å². The molecular weight excluding hydrogens is 256 g/mol. The number of rotatable bonds is 3. The third-order valence-corrected chi connectivity index (χ3v) is 5.28. The van der Waals surface area contributed by atoms with E-state index < -0.39 is 0 Å². The van der Waals surface area contributed by atoms with E-state index in [9.17, 15) is 0 Å². The van der Waals surface area contributed by atoms with E-state index in [2.05, 4.69) is 33.9 Å². The van der Waals surface area contributed by atoms with Crippen LogP contribution in [0.4, 0.5) is 0 Å². The van der Waals surface area contributed by atoms with Crippen LogP contribution in [0.25, 0.3) is 5.65 Å². The Bertz CT molecular complexity index is 553. The summed E-state index contributed by atoms with van der Waals surface area (Å²) in [7, 11) is 2.07. The van der Waals surface area contributed by atoms with Crippen LogP contribution in [0.3, 0.4) is 0 Å². The molecule has 0 saturated heterocycles. The molecule has 0 bridgehead atoms. The third kappa shape index (κ3) is 2.62. The first kappa shape index (κ1) is 12.9. The van der Waals surface area contributed by atoms with Gasteiger partial charge in [-0.2, -0.15) is 0 Å². The van der Waals surface area contributed by atoms with Gasteiger partial charge in [-0.15, -0.1) is 10.2 Å². The highest BCUT2D eigenvalue weighted by Crippen LogP contribution is 2.35. The molecule has 2 aromatic rings. The van der Waals surface area contributed by atoms with E-state index in [1.807, 2.05) is 36.2 Å². The number of fused-ring (bicyclic) bond motifs is 1. The van der Waals surface area contributed by atoms with Crippen molar-refractivity contribution < 1.29 is 0 Å². The van der Waals surface area contributed by atoms with Crippen molar-refractivity contribution in [2.45, 2.75) is 42.6 Å². The Morgan fingerprint density at radius 1 is 1.32 bits per heavy atom. The fraction of sp³-hybridized carbons (Fsp3) is 0.571. The predicted octanol–water partition coefficient (Wildman–Crippen LogP) is 2.60. The normalized spacial score (nSPS) is 27.8. The average molecular weight is 276 g/mol. The van der Waals surface area contributed by atoms with Crippen molar-refractivity contribution in [3.8, 4) is 0 Å². The monoisotopic (exact) mass is 276 g/mol. The number of hydrogen-bond donors (Lipinski definition) is 1. The SMILES string of the molecule is CNC1CCC(C)CC1Sc1nnc2ccccn12. The molecule has 3 atom stereocenters. The maximum atomic E-state index is 4.33. The van der Waals surface area contributed by atoms with Gasteiger partial charge in [0.2, 0.25) is 0 Å². The van der Waals surface area contributed by atoms with Crippen LogP contribution in [0.2, 0.25) is 0 Å². The van der Waals surface area contributed by atoms with Crippen molar-refractivity contribution in [3.05, 3.63) is 24.4 Å². The second-order valence-corrected chi connectivity index (χ2v) is 6.59. The molecule has 19 heavy (non-hydrogen) atoms. The molecular formula is C14H20N4S. The van der Waals surface area contributed by atoms with Gasteiger partial charge in [0.15, 0.2) is 10.8 Å². The molecule has 102 valence electrons. The molecule has 2 heterocycles. The topological polar surface area (TPSA) is 42.2 Å². The van der Waals surface area contributed by atoms with Crippen LogP contribution >= 0.6 is 11.8 Å². The van der Waals surface area contributed by atoms with E-state index in [1.54, 1.807) is 0 Å². The lowest BCUT2D eigenvalue weighted by molar-refractivity contribution is 0.328. The van der Waals surface area contributed by atoms with Crippen LogP contribution in [0.15, 0.2) is 29.6 Å². The largest absolute Gasteiger partial charge is 0.316 e. The number of nitrogens with one attached hydrogen (secondary N) is 1. The van der Waals surface area contributed by atoms with Crippen LogP contribution in [0.1, 0.15) is 26.2 Å². The highest BCUT2D eigenvalue weighted by molar-refractivity contribution is 7.99. The third-order valence-electron chi connectivity index (χ3n) is 3.96. The first-order valence-corrected chi connectivity index (χ1v) is 7.79. The first-order chi connectivity index (χ1) is 9.28. The van der Waals surface area contributed by atoms with E-state index >= 15 is 0 Å². The van der Waals surface area contributed by atoms with E-state index in [0.29, 0.717) is 11.3 Å². The fourth-order valence-corrected chi connectivity index (χ4v) is 4.31. The minimum Gasteiger partial charge on any atom is -0.316 e. The Morgan fingerprint density at radius 3 is 3.05 bits per heavy atom. The van der Waals surface area contributed by atoms with Gasteiger partial charge in [0.25, 0.3) is 0 Å². The Hall–Kier alpha value is -1.07. The molecule has 3 unspecified atom stereocenters. The van der Waals surface area contributed by atoms with Crippen LogP contribution in [0.5, 0.6) is 0 Å². The van der Waals surface area contributed by atoms with Gasteiger partial charge >= 0.3 is 0 Å². The summed E-state index contributed by atoms with van der Waals surface area (Å²) in [5.74, 6) is 0.807. The van der Waals surface area contributed by atoms with Gasteiger partial charge in [-0.1, -0.05) is 24.8 Å². The van der Waals surface area contributed by atoms with Crippen molar-refractivity contribution in [1.82, 2.24) is 19.9 Å². The molecule has 1 saturated carbocycles. The number of pyridine rings is 1. The van der Waals surface area contributed by atoms with Crippen LogP contribution in [-0.2, 0) is 0 Å². The molecule has 0 spiro atoms. The molecule has 5 heteroatoms.